The lowest BCUT2D eigenvalue weighted by molar-refractivity contribution is -0.159. The molecule has 6 nitrogen and oxygen atoms in total. The first-order chi connectivity index (χ1) is 13.1. The molecule has 1 spiro atoms. The van der Waals surface area contributed by atoms with Gasteiger partial charge in [-0.05, 0) is 31.7 Å². The minimum absolute atomic E-state index is 0.0827. The normalized spacial score (nSPS) is 27.3. The van der Waals surface area contributed by atoms with E-state index in [2.05, 4.69) is 21.8 Å². The molecule has 3 aliphatic rings. The lowest BCUT2D eigenvalue weighted by atomic mass is 9.74. The predicted molar refractivity (Wildman–Crippen MR) is 101 cm³/mol. The maximum atomic E-state index is 13.1. The first kappa shape index (κ1) is 18.7. The summed E-state index contributed by atoms with van der Waals surface area (Å²) in [7, 11) is 0. The van der Waals surface area contributed by atoms with Gasteiger partial charge in [0.05, 0.1) is 12.2 Å². The van der Waals surface area contributed by atoms with Crippen molar-refractivity contribution < 1.29 is 14.3 Å². The second-order valence-corrected chi connectivity index (χ2v) is 8.71. The molecule has 4 rings (SSSR count). The Balaban J connectivity index is 1.34. The van der Waals surface area contributed by atoms with Gasteiger partial charge in [-0.3, -0.25) is 4.79 Å². The summed E-state index contributed by atoms with van der Waals surface area (Å²) < 4.78 is 12.2. The highest BCUT2D eigenvalue weighted by molar-refractivity contribution is 5.82. The average Bonchev–Trinajstić information content (AvgIpc) is 2.70. The van der Waals surface area contributed by atoms with Gasteiger partial charge in [0.15, 0.2) is 0 Å². The minimum Gasteiger partial charge on any atom is -0.460 e. The van der Waals surface area contributed by atoms with Crippen LogP contribution in [0, 0.1) is 5.41 Å². The van der Waals surface area contributed by atoms with Crippen LogP contribution in [-0.2, 0) is 9.53 Å². The number of hydrogen-bond donors (Lipinski definition) is 0. The second-order valence-electron chi connectivity index (χ2n) is 8.71. The number of amides is 1. The smallest absolute Gasteiger partial charge is 0.316 e. The zero-order chi connectivity index (χ0) is 18.7. The molecule has 1 amide bonds. The summed E-state index contributed by atoms with van der Waals surface area (Å²) in [5.74, 6) is 0.360. The summed E-state index contributed by atoms with van der Waals surface area (Å²) in [5, 5.41) is 0. The monoisotopic (exact) mass is 373 g/mol. The van der Waals surface area contributed by atoms with Gasteiger partial charge < -0.3 is 14.4 Å². The fraction of sp³-hybridized carbons (Fsp3) is 0.762. The van der Waals surface area contributed by atoms with Crippen molar-refractivity contribution in [3.05, 3.63) is 18.5 Å². The van der Waals surface area contributed by atoms with Crippen LogP contribution in [0.15, 0.2) is 18.5 Å². The fourth-order valence-corrected chi connectivity index (χ4v) is 4.97. The Morgan fingerprint density at radius 2 is 1.85 bits per heavy atom. The fourth-order valence-electron chi connectivity index (χ4n) is 4.97. The van der Waals surface area contributed by atoms with Crippen LogP contribution < -0.4 is 4.74 Å². The van der Waals surface area contributed by atoms with E-state index in [1.54, 1.807) is 18.5 Å². The van der Waals surface area contributed by atoms with Gasteiger partial charge in [-0.2, -0.15) is 0 Å². The van der Waals surface area contributed by atoms with Crippen LogP contribution in [0.1, 0.15) is 64.7 Å². The number of hydrogen-bond acceptors (Lipinski definition) is 5. The summed E-state index contributed by atoms with van der Waals surface area (Å²) in [6.45, 7) is 4.45. The van der Waals surface area contributed by atoms with Crippen molar-refractivity contribution in [2.24, 2.45) is 5.41 Å². The zero-order valence-corrected chi connectivity index (χ0v) is 16.4. The summed E-state index contributed by atoms with van der Waals surface area (Å²) >= 11 is 0. The van der Waals surface area contributed by atoms with Gasteiger partial charge in [0.25, 0.3) is 0 Å². The molecule has 0 bridgehead atoms. The van der Waals surface area contributed by atoms with E-state index in [-0.39, 0.29) is 17.1 Å². The van der Waals surface area contributed by atoms with Gasteiger partial charge in [-0.15, -0.1) is 0 Å². The number of rotatable bonds is 3. The minimum atomic E-state index is -0.165. The molecule has 0 radical (unpaired) electrons. The first-order valence-corrected chi connectivity index (χ1v) is 10.5. The van der Waals surface area contributed by atoms with Crippen molar-refractivity contribution in [3.63, 3.8) is 0 Å². The Kier molecular flexibility index (Phi) is 5.35. The van der Waals surface area contributed by atoms with Crippen molar-refractivity contribution in [2.75, 3.05) is 19.7 Å². The molecule has 1 aromatic heterocycles. The van der Waals surface area contributed by atoms with Gasteiger partial charge in [-0.1, -0.05) is 26.2 Å². The quantitative estimate of drug-likeness (QED) is 0.813. The third-order valence-electron chi connectivity index (χ3n) is 6.70. The molecule has 1 unspecified atom stereocenters. The number of carbonyl (C=O) groups is 1. The third kappa shape index (κ3) is 4.10. The van der Waals surface area contributed by atoms with Crippen LogP contribution in [0.3, 0.4) is 0 Å². The van der Waals surface area contributed by atoms with Gasteiger partial charge in [0, 0.05) is 43.7 Å². The molecule has 1 aromatic rings. The molecule has 2 aliphatic heterocycles. The summed E-state index contributed by atoms with van der Waals surface area (Å²) in [5.41, 5.74) is -0.311. The summed E-state index contributed by atoms with van der Waals surface area (Å²) in [6, 6.07) is 2.23. The highest BCUT2D eigenvalue weighted by Crippen LogP contribution is 2.40. The number of carbonyl (C=O) groups excluding carboxylic acids is 1. The van der Waals surface area contributed by atoms with Gasteiger partial charge in [0.2, 0.25) is 5.91 Å². The lowest BCUT2D eigenvalue weighted by Crippen LogP contribution is -2.54. The first-order valence-electron chi connectivity index (χ1n) is 10.5. The molecule has 6 heteroatoms. The maximum absolute atomic E-state index is 13.1. The van der Waals surface area contributed by atoms with E-state index in [0.717, 1.165) is 51.6 Å². The molecule has 1 aliphatic carbocycles. The van der Waals surface area contributed by atoms with E-state index < -0.39 is 0 Å². The SMILES string of the molecule is CC1(C(=O)N2CCC3(CC2)CC(Oc2ncccn2)CCO3)CCCCC1. The van der Waals surface area contributed by atoms with Crippen molar-refractivity contribution in [1.29, 1.82) is 0 Å². The molecule has 3 fully saturated rings. The lowest BCUT2D eigenvalue weighted by Gasteiger charge is -2.47. The van der Waals surface area contributed by atoms with E-state index in [1.165, 1.54) is 19.3 Å². The Bertz CT molecular complexity index is 637. The third-order valence-corrected chi connectivity index (χ3v) is 6.70. The van der Waals surface area contributed by atoms with Crippen molar-refractivity contribution >= 4 is 5.91 Å². The average molecular weight is 373 g/mol. The molecule has 27 heavy (non-hydrogen) atoms. The molecule has 0 N–H and O–H groups in total. The molecule has 1 atom stereocenters. The Hall–Kier alpha value is -1.69. The number of ether oxygens (including phenoxy) is 2. The van der Waals surface area contributed by atoms with Crippen LogP contribution >= 0.6 is 0 Å². The summed E-state index contributed by atoms with van der Waals surface area (Å²) in [4.78, 5) is 23.5. The van der Waals surface area contributed by atoms with Crippen molar-refractivity contribution in [3.8, 4) is 6.01 Å². The van der Waals surface area contributed by atoms with Crippen LogP contribution in [0.2, 0.25) is 0 Å². The number of likely N-dealkylation sites (tertiary alicyclic amines) is 1. The van der Waals surface area contributed by atoms with Crippen molar-refractivity contribution in [1.82, 2.24) is 14.9 Å². The van der Waals surface area contributed by atoms with Gasteiger partial charge >= 0.3 is 6.01 Å². The van der Waals surface area contributed by atoms with E-state index in [1.807, 2.05) is 0 Å². The number of piperidine rings is 1. The van der Waals surface area contributed by atoms with E-state index >= 15 is 0 Å². The van der Waals surface area contributed by atoms with E-state index in [4.69, 9.17) is 9.47 Å². The highest BCUT2D eigenvalue weighted by atomic mass is 16.5. The molecular weight excluding hydrogens is 342 g/mol. The van der Waals surface area contributed by atoms with Gasteiger partial charge in [-0.25, -0.2) is 9.97 Å². The standard InChI is InChI=1S/C21H31N3O3/c1-20(7-3-2-4-8-20)18(25)24-13-9-21(10-14-24)16-17(6-15-26-21)27-19-22-11-5-12-23-19/h5,11-12,17H,2-4,6-10,13-16H2,1H3. The van der Waals surface area contributed by atoms with Gasteiger partial charge in [0.1, 0.15) is 6.10 Å². The molecular formula is C21H31N3O3. The number of nitrogens with zero attached hydrogens (tertiary/aromatic N) is 3. The molecule has 3 heterocycles. The molecule has 1 saturated carbocycles. The predicted octanol–water partition coefficient (Wildman–Crippen LogP) is 3.37. The molecule has 0 aromatic carbocycles. The number of aromatic nitrogens is 2. The maximum Gasteiger partial charge on any atom is 0.316 e. The summed E-state index contributed by atoms with van der Waals surface area (Å²) in [6.07, 6.45) is 12.7. The van der Waals surface area contributed by atoms with E-state index in [9.17, 15) is 4.79 Å². The van der Waals surface area contributed by atoms with E-state index in [0.29, 0.717) is 18.5 Å². The topological polar surface area (TPSA) is 64.6 Å². The molecule has 2 saturated heterocycles. The largest absolute Gasteiger partial charge is 0.460 e. The molecule has 148 valence electrons. The zero-order valence-electron chi connectivity index (χ0n) is 16.4. The van der Waals surface area contributed by atoms with Crippen LogP contribution in [-0.4, -0.2) is 52.2 Å². The van der Waals surface area contributed by atoms with Crippen molar-refractivity contribution in [2.45, 2.75) is 76.4 Å². The Labute approximate surface area is 161 Å². The van der Waals surface area contributed by atoms with Crippen LogP contribution in [0.4, 0.5) is 0 Å². The highest BCUT2D eigenvalue weighted by Gasteiger charge is 2.45. The Morgan fingerprint density at radius 1 is 1.15 bits per heavy atom. The second kappa shape index (κ2) is 7.74. The van der Waals surface area contributed by atoms with Crippen LogP contribution in [0.25, 0.3) is 0 Å². The van der Waals surface area contributed by atoms with Crippen LogP contribution in [0.5, 0.6) is 6.01 Å². The Morgan fingerprint density at radius 3 is 2.56 bits per heavy atom.